The van der Waals surface area contributed by atoms with Crippen molar-refractivity contribution in [3.05, 3.63) is 30.3 Å². The van der Waals surface area contributed by atoms with Gasteiger partial charge < -0.3 is 9.64 Å². The van der Waals surface area contributed by atoms with Crippen LogP contribution in [0, 0.1) is 5.92 Å². The van der Waals surface area contributed by atoms with Gasteiger partial charge in [0.25, 0.3) is 0 Å². The van der Waals surface area contributed by atoms with Crippen molar-refractivity contribution in [2.75, 3.05) is 33.4 Å². The number of piperidine rings is 1. The normalized spacial score (nSPS) is 18.8. The summed E-state index contributed by atoms with van der Waals surface area (Å²) in [6.07, 6.45) is 2.20. The summed E-state index contributed by atoms with van der Waals surface area (Å²) in [5, 5.41) is 0. The molecule has 1 saturated heterocycles. The summed E-state index contributed by atoms with van der Waals surface area (Å²) in [5.74, 6) is 0.188. The van der Waals surface area contributed by atoms with Gasteiger partial charge in [0, 0.05) is 26.7 Å². The molecule has 0 aliphatic carbocycles. The van der Waals surface area contributed by atoms with Gasteiger partial charge in [-0.1, -0.05) is 38.5 Å². The molecule has 0 bridgehead atoms. The molecule has 1 unspecified atom stereocenters. The third kappa shape index (κ3) is 5.05. The smallest absolute Gasteiger partial charge is 0.243 e. The van der Waals surface area contributed by atoms with Crippen molar-refractivity contribution in [3.63, 3.8) is 0 Å². The van der Waals surface area contributed by atoms with Crippen molar-refractivity contribution < 1.29 is 17.9 Å². The Kier molecular flexibility index (Phi) is 7.61. The Balaban J connectivity index is 2.27. The quantitative estimate of drug-likeness (QED) is 0.692. The van der Waals surface area contributed by atoms with Crippen LogP contribution in [-0.2, 0) is 19.6 Å². The number of sulfonamides is 1. The van der Waals surface area contributed by atoms with Gasteiger partial charge in [-0.3, -0.25) is 4.79 Å². The van der Waals surface area contributed by atoms with Gasteiger partial charge >= 0.3 is 0 Å². The lowest BCUT2D eigenvalue weighted by atomic mass is 10.0. The van der Waals surface area contributed by atoms with Gasteiger partial charge in [0.2, 0.25) is 15.9 Å². The van der Waals surface area contributed by atoms with E-state index in [4.69, 9.17) is 4.74 Å². The van der Waals surface area contributed by atoms with E-state index in [9.17, 15) is 13.2 Å². The fourth-order valence-corrected chi connectivity index (χ4v) is 4.98. The molecular weight excluding hydrogens is 352 g/mol. The van der Waals surface area contributed by atoms with Crippen LogP contribution >= 0.6 is 0 Å². The summed E-state index contributed by atoms with van der Waals surface area (Å²) in [7, 11) is -2.08. The number of methoxy groups -OCH3 is 1. The molecule has 26 heavy (non-hydrogen) atoms. The highest BCUT2D eigenvalue weighted by molar-refractivity contribution is 7.89. The molecule has 1 fully saturated rings. The summed E-state index contributed by atoms with van der Waals surface area (Å²) >= 11 is 0. The molecule has 0 aromatic heterocycles. The van der Waals surface area contributed by atoms with Crippen LogP contribution in [0.5, 0.6) is 0 Å². The number of rotatable bonds is 8. The molecule has 1 aliphatic rings. The molecule has 1 amide bonds. The number of ether oxygens (including phenoxy) is 1. The molecule has 0 spiro atoms. The minimum Gasteiger partial charge on any atom is -0.383 e. The third-order valence-electron chi connectivity index (χ3n) is 4.55. The molecule has 0 N–H and O–H groups in total. The van der Waals surface area contributed by atoms with E-state index in [-0.39, 0.29) is 10.8 Å². The average molecular weight is 383 g/mol. The van der Waals surface area contributed by atoms with Crippen LogP contribution in [-0.4, -0.2) is 62.9 Å². The maximum atomic E-state index is 13.2. The van der Waals surface area contributed by atoms with Crippen LogP contribution in [0.2, 0.25) is 0 Å². The standard InChI is InChI=1S/C19H30N2O4S/c1-16(2)15-20(13-14-25-3)19(22)18-11-7-8-12-21(18)26(23,24)17-9-5-4-6-10-17/h4-6,9-10,16,18H,7-8,11-15H2,1-3H3. The van der Waals surface area contributed by atoms with E-state index >= 15 is 0 Å². The van der Waals surface area contributed by atoms with Gasteiger partial charge in [0.15, 0.2) is 0 Å². The molecule has 0 radical (unpaired) electrons. The zero-order valence-electron chi connectivity index (χ0n) is 15.9. The number of benzene rings is 1. The molecule has 1 atom stereocenters. The minimum absolute atomic E-state index is 0.116. The van der Waals surface area contributed by atoms with E-state index in [2.05, 4.69) is 0 Å². The van der Waals surface area contributed by atoms with Gasteiger partial charge in [0.05, 0.1) is 11.5 Å². The number of carbonyl (C=O) groups excluding carboxylic acids is 1. The van der Waals surface area contributed by atoms with Crippen LogP contribution < -0.4 is 0 Å². The maximum Gasteiger partial charge on any atom is 0.243 e. The van der Waals surface area contributed by atoms with Crippen LogP contribution in [0.1, 0.15) is 33.1 Å². The molecule has 7 heteroatoms. The summed E-state index contributed by atoms with van der Waals surface area (Å²) in [5.41, 5.74) is 0. The molecule has 0 saturated carbocycles. The van der Waals surface area contributed by atoms with Gasteiger partial charge in [-0.15, -0.1) is 0 Å². The number of hydrogen-bond acceptors (Lipinski definition) is 4. The average Bonchev–Trinajstić information content (AvgIpc) is 2.65. The van der Waals surface area contributed by atoms with Crippen molar-refractivity contribution in [3.8, 4) is 0 Å². The van der Waals surface area contributed by atoms with Crippen molar-refractivity contribution in [1.29, 1.82) is 0 Å². The highest BCUT2D eigenvalue weighted by atomic mass is 32.2. The molecule has 2 rings (SSSR count). The predicted octanol–water partition coefficient (Wildman–Crippen LogP) is 2.36. The first-order chi connectivity index (χ1) is 12.4. The maximum absolute atomic E-state index is 13.2. The molecular formula is C19H30N2O4S. The highest BCUT2D eigenvalue weighted by Crippen LogP contribution is 2.26. The first-order valence-electron chi connectivity index (χ1n) is 9.22. The second kappa shape index (κ2) is 9.48. The van der Waals surface area contributed by atoms with Crippen molar-refractivity contribution in [2.45, 2.75) is 44.0 Å². The number of hydrogen-bond donors (Lipinski definition) is 0. The Bertz CT molecular complexity index is 676. The topological polar surface area (TPSA) is 66.9 Å². The van der Waals surface area contributed by atoms with Crippen LogP contribution in [0.3, 0.4) is 0 Å². The van der Waals surface area contributed by atoms with Crippen molar-refractivity contribution >= 4 is 15.9 Å². The Hall–Kier alpha value is -1.44. The summed E-state index contributed by atoms with van der Waals surface area (Å²) < 4.78 is 32.7. The minimum atomic E-state index is -3.68. The molecule has 6 nitrogen and oxygen atoms in total. The largest absolute Gasteiger partial charge is 0.383 e. The Morgan fingerprint density at radius 3 is 2.58 bits per heavy atom. The molecule has 1 heterocycles. The first kappa shape index (κ1) is 20.9. The van der Waals surface area contributed by atoms with Gasteiger partial charge in [0.1, 0.15) is 6.04 Å². The Labute approximate surface area is 157 Å². The fourth-order valence-electron chi connectivity index (χ4n) is 3.31. The second-order valence-electron chi connectivity index (χ2n) is 7.11. The van der Waals surface area contributed by atoms with Crippen LogP contribution in [0.25, 0.3) is 0 Å². The summed E-state index contributed by atoms with van der Waals surface area (Å²) in [6, 6.07) is 7.73. The second-order valence-corrected chi connectivity index (χ2v) is 9.00. The van der Waals surface area contributed by atoms with Crippen molar-refractivity contribution in [1.82, 2.24) is 9.21 Å². The zero-order chi connectivity index (χ0) is 19.2. The van der Waals surface area contributed by atoms with Gasteiger partial charge in [-0.25, -0.2) is 8.42 Å². The fraction of sp³-hybridized carbons (Fsp3) is 0.632. The van der Waals surface area contributed by atoms with E-state index in [1.54, 1.807) is 42.3 Å². The lowest BCUT2D eigenvalue weighted by Crippen LogP contribution is -2.54. The highest BCUT2D eigenvalue weighted by Gasteiger charge is 2.39. The SMILES string of the molecule is COCCN(CC(C)C)C(=O)C1CCCCN1S(=O)(=O)c1ccccc1. The van der Waals surface area contributed by atoms with Crippen molar-refractivity contribution in [2.24, 2.45) is 5.92 Å². The van der Waals surface area contributed by atoms with Gasteiger partial charge in [-0.2, -0.15) is 4.31 Å². The van der Waals surface area contributed by atoms with Gasteiger partial charge in [-0.05, 0) is 30.9 Å². The van der Waals surface area contributed by atoms with Crippen LogP contribution in [0.15, 0.2) is 35.2 Å². The van der Waals surface area contributed by atoms with E-state index < -0.39 is 16.1 Å². The van der Waals surface area contributed by atoms with Crippen LogP contribution in [0.4, 0.5) is 0 Å². The molecule has 1 aliphatic heterocycles. The number of nitrogens with zero attached hydrogens (tertiary/aromatic N) is 2. The Morgan fingerprint density at radius 1 is 1.27 bits per heavy atom. The first-order valence-corrected chi connectivity index (χ1v) is 10.7. The summed E-state index contributed by atoms with van der Waals surface area (Å²) in [4.78, 5) is 15.2. The van der Waals surface area contributed by atoms with E-state index in [1.807, 2.05) is 13.8 Å². The molecule has 1 aromatic rings. The predicted molar refractivity (Wildman–Crippen MR) is 101 cm³/mol. The molecule has 146 valence electrons. The monoisotopic (exact) mass is 382 g/mol. The molecule has 1 aromatic carbocycles. The van der Waals surface area contributed by atoms with E-state index in [1.165, 1.54) is 4.31 Å². The lowest BCUT2D eigenvalue weighted by Gasteiger charge is -2.37. The van der Waals surface area contributed by atoms with E-state index in [0.717, 1.165) is 12.8 Å². The third-order valence-corrected chi connectivity index (χ3v) is 6.47. The number of amides is 1. The number of carbonyl (C=O) groups is 1. The lowest BCUT2D eigenvalue weighted by molar-refractivity contribution is -0.137. The summed E-state index contributed by atoms with van der Waals surface area (Å²) in [6.45, 7) is 5.99. The van der Waals surface area contributed by atoms with E-state index in [0.29, 0.717) is 38.6 Å². The zero-order valence-corrected chi connectivity index (χ0v) is 16.7. The Morgan fingerprint density at radius 2 is 1.96 bits per heavy atom.